The van der Waals surface area contributed by atoms with E-state index in [1.165, 1.54) is 30.3 Å². The van der Waals surface area contributed by atoms with Gasteiger partial charge in [-0.1, -0.05) is 29.7 Å². The zero-order valence-electron chi connectivity index (χ0n) is 12.6. The molecule has 0 unspecified atom stereocenters. The molecule has 1 aliphatic heterocycles. The minimum Gasteiger partial charge on any atom is -0.289 e. The Kier molecular flexibility index (Phi) is 3.59. The summed E-state index contributed by atoms with van der Waals surface area (Å²) in [5, 5.41) is 0. The van der Waals surface area contributed by atoms with Crippen molar-refractivity contribution in [2.75, 3.05) is 0 Å². The SMILES string of the molecule is Bc1ccc(CN2C(C)(C)CCCC2(C)C)cc1. The normalized spacial score (nSPS) is 22.9. The second kappa shape index (κ2) is 4.73. The molecule has 0 radical (unpaired) electrons. The van der Waals surface area contributed by atoms with Crippen molar-refractivity contribution in [2.24, 2.45) is 0 Å². The summed E-state index contributed by atoms with van der Waals surface area (Å²) in [7, 11) is 2.15. The largest absolute Gasteiger partial charge is 0.289 e. The highest BCUT2D eigenvalue weighted by Crippen LogP contribution is 2.39. The molecular formula is C16H26BN. The van der Waals surface area contributed by atoms with E-state index >= 15 is 0 Å². The van der Waals surface area contributed by atoms with Gasteiger partial charge in [0.1, 0.15) is 7.85 Å². The van der Waals surface area contributed by atoms with Gasteiger partial charge in [0.25, 0.3) is 0 Å². The van der Waals surface area contributed by atoms with Gasteiger partial charge >= 0.3 is 0 Å². The van der Waals surface area contributed by atoms with Gasteiger partial charge in [0, 0.05) is 17.6 Å². The van der Waals surface area contributed by atoms with Crippen LogP contribution in [0.3, 0.4) is 0 Å². The molecule has 0 saturated carbocycles. The van der Waals surface area contributed by atoms with Crippen LogP contribution in [0.1, 0.15) is 52.5 Å². The third kappa shape index (κ3) is 2.80. The average Bonchev–Trinajstić information content (AvgIpc) is 2.25. The Bertz CT molecular complexity index is 390. The van der Waals surface area contributed by atoms with Gasteiger partial charge in [-0.3, -0.25) is 4.90 Å². The molecule has 0 aliphatic carbocycles. The first kappa shape index (κ1) is 13.7. The van der Waals surface area contributed by atoms with E-state index in [1.807, 2.05) is 0 Å². The van der Waals surface area contributed by atoms with Crippen LogP contribution in [-0.4, -0.2) is 23.8 Å². The predicted molar refractivity (Wildman–Crippen MR) is 82.2 cm³/mol. The van der Waals surface area contributed by atoms with Gasteiger partial charge in [-0.05, 0) is 52.5 Å². The van der Waals surface area contributed by atoms with E-state index in [1.54, 1.807) is 0 Å². The quantitative estimate of drug-likeness (QED) is 0.721. The highest BCUT2D eigenvalue weighted by molar-refractivity contribution is 6.32. The number of piperidine rings is 1. The van der Waals surface area contributed by atoms with E-state index in [2.05, 4.69) is 64.7 Å². The van der Waals surface area contributed by atoms with Gasteiger partial charge in [-0.15, -0.1) is 0 Å². The molecule has 0 bridgehead atoms. The van der Waals surface area contributed by atoms with Gasteiger partial charge < -0.3 is 0 Å². The van der Waals surface area contributed by atoms with Crippen molar-refractivity contribution in [2.45, 2.75) is 64.6 Å². The van der Waals surface area contributed by atoms with Crippen LogP contribution in [0.2, 0.25) is 0 Å². The van der Waals surface area contributed by atoms with E-state index in [-0.39, 0.29) is 0 Å². The molecule has 1 saturated heterocycles. The molecule has 1 aromatic carbocycles. The van der Waals surface area contributed by atoms with Crippen molar-refractivity contribution in [3.8, 4) is 0 Å². The zero-order valence-corrected chi connectivity index (χ0v) is 12.6. The molecular weight excluding hydrogens is 217 g/mol. The van der Waals surface area contributed by atoms with Gasteiger partial charge in [-0.2, -0.15) is 0 Å². The fraction of sp³-hybridized carbons (Fsp3) is 0.625. The summed E-state index contributed by atoms with van der Waals surface area (Å²) in [6.45, 7) is 10.6. The van der Waals surface area contributed by atoms with E-state index in [4.69, 9.17) is 0 Å². The first-order valence-electron chi connectivity index (χ1n) is 7.15. The van der Waals surface area contributed by atoms with Crippen LogP contribution in [0.15, 0.2) is 24.3 Å². The van der Waals surface area contributed by atoms with Crippen LogP contribution in [0.5, 0.6) is 0 Å². The maximum absolute atomic E-state index is 2.69. The van der Waals surface area contributed by atoms with Crippen LogP contribution >= 0.6 is 0 Å². The fourth-order valence-electron chi connectivity index (χ4n) is 3.35. The Morgan fingerprint density at radius 2 is 1.50 bits per heavy atom. The minimum atomic E-state index is 0.312. The molecule has 2 heteroatoms. The Morgan fingerprint density at radius 3 is 2.00 bits per heavy atom. The molecule has 0 N–H and O–H groups in total. The summed E-state index contributed by atoms with van der Waals surface area (Å²) in [6, 6.07) is 8.99. The number of nitrogens with zero attached hydrogens (tertiary/aromatic N) is 1. The van der Waals surface area contributed by atoms with Gasteiger partial charge in [0.05, 0.1) is 0 Å². The van der Waals surface area contributed by atoms with Crippen molar-refractivity contribution in [3.63, 3.8) is 0 Å². The molecule has 1 aliphatic rings. The van der Waals surface area contributed by atoms with Gasteiger partial charge in [-0.25, -0.2) is 0 Å². The lowest BCUT2D eigenvalue weighted by Gasteiger charge is -2.53. The summed E-state index contributed by atoms with van der Waals surface area (Å²) in [4.78, 5) is 2.69. The van der Waals surface area contributed by atoms with E-state index in [0.717, 1.165) is 6.54 Å². The topological polar surface area (TPSA) is 3.24 Å². The van der Waals surface area contributed by atoms with Gasteiger partial charge in [0.2, 0.25) is 0 Å². The van der Waals surface area contributed by atoms with Crippen LogP contribution in [0.4, 0.5) is 0 Å². The summed E-state index contributed by atoms with van der Waals surface area (Å²) >= 11 is 0. The summed E-state index contributed by atoms with van der Waals surface area (Å²) in [5.41, 5.74) is 3.40. The zero-order chi connectivity index (χ0) is 13.4. The highest BCUT2D eigenvalue weighted by Gasteiger charge is 2.40. The minimum absolute atomic E-state index is 0.312. The first-order valence-corrected chi connectivity index (χ1v) is 7.15. The fourth-order valence-corrected chi connectivity index (χ4v) is 3.35. The second-order valence-electron chi connectivity index (χ2n) is 7.05. The third-order valence-electron chi connectivity index (χ3n) is 4.50. The monoisotopic (exact) mass is 243 g/mol. The number of benzene rings is 1. The molecule has 0 spiro atoms. The number of hydrogen-bond donors (Lipinski definition) is 0. The van der Waals surface area contributed by atoms with E-state index < -0.39 is 0 Å². The Balaban J connectivity index is 2.21. The summed E-state index contributed by atoms with van der Waals surface area (Å²) in [6.07, 6.45) is 3.97. The smallest absolute Gasteiger partial charge is 0.139 e. The maximum Gasteiger partial charge on any atom is 0.139 e. The molecule has 18 heavy (non-hydrogen) atoms. The lowest BCUT2D eigenvalue weighted by Crippen LogP contribution is -2.57. The lowest BCUT2D eigenvalue weighted by molar-refractivity contribution is -0.0340. The van der Waals surface area contributed by atoms with Crippen LogP contribution in [0, 0.1) is 0 Å². The summed E-state index contributed by atoms with van der Waals surface area (Å²) < 4.78 is 0. The first-order chi connectivity index (χ1) is 8.31. The van der Waals surface area contributed by atoms with E-state index in [9.17, 15) is 0 Å². The molecule has 0 atom stereocenters. The standard InChI is InChI=1S/C16H26BN/c1-15(2)10-5-11-16(3,4)18(15)12-13-6-8-14(17)9-7-13/h6-9H,5,10-12,17H2,1-4H3. The molecule has 1 aromatic rings. The Labute approximate surface area is 113 Å². The van der Waals surface area contributed by atoms with E-state index in [0.29, 0.717) is 11.1 Å². The Hall–Kier alpha value is -0.755. The molecule has 1 nitrogen and oxygen atoms in total. The van der Waals surface area contributed by atoms with Crippen LogP contribution < -0.4 is 5.46 Å². The third-order valence-corrected chi connectivity index (χ3v) is 4.50. The van der Waals surface area contributed by atoms with Crippen molar-refractivity contribution in [1.29, 1.82) is 0 Å². The number of rotatable bonds is 2. The molecule has 1 heterocycles. The molecule has 0 aromatic heterocycles. The second-order valence-corrected chi connectivity index (χ2v) is 7.05. The van der Waals surface area contributed by atoms with Gasteiger partial charge in [0.15, 0.2) is 0 Å². The molecule has 0 amide bonds. The summed E-state index contributed by atoms with van der Waals surface area (Å²) in [5.74, 6) is 0. The van der Waals surface area contributed by atoms with Crippen molar-refractivity contribution in [1.82, 2.24) is 4.90 Å². The molecule has 2 rings (SSSR count). The molecule has 1 fully saturated rings. The van der Waals surface area contributed by atoms with Crippen LogP contribution in [0.25, 0.3) is 0 Å². The molecule has 98 valence electrons. The maximum atomic E-state index is 2.69. The highest BCUT2D eigenvalue weighted by atomic mass is 15.3. The average molecular weight is 243 g/mol. The predicted octanol–water partition coefficient (Wildman–Crippen LogP) is 2.49. The van der Waals surface area contributed by atoms with Crippen molar-refractivity contribution in [3.05, 3.63) is 29.8 Å². The number of hydrogen-bond acceptors (Lipinski definition) is 1. The Morgan fingerprint density at radius 1 is 1.00 bits per heavy atom. The number of likely N-dealkylation sites (tertiary alicyclic amines) is 1. The van der Waals surface area contributed by atoms with Crippen LogP contribution in [-0.2, 0) is 6.54 Å². The van der Waals surface area contributed by atoms with Crippen molar-refractivity contribution >= 4 is 13.3 Å². The lowest BCUT2D eigenvalue weighted by atomic mass is 9.79. The van der Waals surface area contributed by atoms with Crippen molar-refractivity contribution < 1.29 is 0 Å².